The number of rotatable bonds is 6. The van der Waals surface area contributed by atoms with Crippen molar-refractivity contribution in [3.8, 4) is 11.3 Å². The number of Topliss-reactive ketones (excluding diaryl/α,β-unsaturated/α-hetero) is 1. The lowest BCUT2D eigenvalue weighted by molar-refractivity contribution is -0.134. The molecule has 0 aliphatic carbocycles. The summed E-state index contributed by atoms with van der Waals surface area (Å²) in [6.45, 7) is 1.57. The van der Waals surface area contributed by atoms with Crippen molar-refractivity contribution in [1.82, 2.24) is 19.4 Å². The number of imidazole rings is 1. The van der Waals surface area contributed by atoms with E-state index in [1.165, 1.54) is 11.1 Å². The average molecular weight is 480 g/mol. The molecule has 2 aliphatic rings. The molecule has 2 aromatic carbocycles. The molecule has 0 saturated carbocycles. The zero-order valence-corrected chi connectivity index (χ0v) is 20.4. The van der Waals surface area contributed by atoms with Gasteiger partial charge in [0.2, 0.25) is 5.91 Å². The largest absolute Gasteiger partial charge is 0.365 e. The third-order valence-corrected chi connectivity index (χ3v) is 7.69. The van der Waals surface area contributed by atoms with Gasteiger partial charge < -0.3 is 14.4 Å². The molecule has 1 unspecified atom stereocenters. The number of likely N-dealkylation sites (N-methyl/N-ethyl adjacent to an activating group) is 1. The second-order valence-corrected chi connectivity index (χ2v) is 9.85. The molecule has 1 fully saturated rings. The first-order valence-corrected chi connectivity index (χ1v) is 12.6. The topological polar surface area (TPSA) is 71.3 Å². The van der Waals surface area contributed by atoms with Crippen LogP contribution in [-0.2, 0) is 9.59 Å². The quantitative estimate of drug-likeness (QED) is 0.412. The number of nitrogens with zero attached hydrogens (tertiary/aromatic N) is 5. The van der Waals surface area contributed by atoms with Crippen LogP contribution in [0.1, 0.15) is 30.9 Å². The lowest BCUT2D eigenvalue weighted by Crippen LogP contribution is -2.44. The van der Waals surface area contributed by atoms with Crippen molar-refractivity contribution < 1.29 is 9.59 Å². The van der Waals surface area contributed by atoms with Gasteiger partial charge in [0.25, 0.3) is 0 Å². The summed E-state index contributed by atoms with van der Waals surface area (Å²) in [6.07, 6.45) is 7.41. The highest BCUT2D eigenvalue weighted by atomic mass is 16.2. The van der Waals surface area contributed by atoms with Crippen molar-refractivity contribution in [3.05, 3.63) is 78.9 Å². The predicted molar refractivity (Wildman–Crippen MR) is 140 cm³/mol. The zero-order chi connectivity index (χ0) is 24.6. The van der Waals surface area contributed by atoms with E-state index >= 15 is 0 Å². The van der Waals surface area contributed by atoms with Gasteiger partial charge in [-0.15, -0.1) is 0 Å². The molecule has 1 amide bonds. The maximum absolute atomic E-state index is 13.3. The fraction of sp³-hybridized carbons (Fsp3) is 0.310. The lowest BCUT2D eigenvalue weighted by atomic mass is 9.87. The number of ketones is 1. The monoisotopic (exact) mass is 479 g/mol. The lowest BCUT2D eigenvalue weighted by Gasteiger charge is -2.33. The summed E-state index contributed by atoms with van der Waals surface area (Å²) in [4.78, 5) is 38.9. The number of aromatic nitrogens is 3. The first-order valence-electron chi connectivity index (χ1n) is 12.6. The van der Waals surface area contributed by atoms with E-state index in [-0.39, 0.29) is 23.7 Å². The van der Waals surface area contributed by atoms with Crippen molar-refractivity contribution >= 4 is 28.3 Å². The number of hydrogen-bond donors (Lipinski definition) is 0. The van der Waals surface area contributed by atoms with Crippen LogP contribution >= 0.6 is 0 Å². The summed E-state index contributed by atoms with van der Waals surface area (Å²) in [6, 6.07) is 18.3. The molecule has 0 spiro atoms. The number of carbonyl (C=O) groups is 2. The van der Waals surface area contributed by atoms with Crippen LogP contribution in [0.4, 0.5) is 5.69 Å². The van der Waals surface area contributed by atoms with Crippen LogP contribution in [0.15, 0.2) is 73.3 Å². The Balaban J connectivity index is 1.05. The Morgan fingerprint density at radius 1 is 1.06 bits per heavy atom. The molecule has 1 atom stereocenters. The highest BCUT2D eigenvalue weighted by molar-refractivity contribution is 5.86. The van der Waals surface area contributed by atoms with E-state index in [2.05, 4.69) is 32.7 Å². The number of hydrogen-bond acceptors (Lipinski definition) is 5. The van der Waals surface area contributed by atoms with Crippen LogP contribution in [0.5, 0.6) is 0 Å². The van der Waals surface area contributed by atoms with Crippen molar-refractivity contribution in [2.45, 2.75) is 25.3 Å². The number of fused-ring (bicyclic) bond motifs is 4. The minimum atomic E-state index is -0.000462. The highest BCUT2D eigenvalue weighted by Crippen LogP contribution is 2.41. The first kappa shape index (κ1) is 22.5. The van der Waals surface area contributed by atoms with Crippen molar-refractivity contribution in [2.24, 2.45) is 5.92 Å². The predicted octanol–water partition coefficient (Wildman–Crippen LogP) is 4.34. The average Bonchev–Trinajstić information content (AvgIpc) is 3.51. The molecule has 7 nitrogen and oxygen atoms in total. The van der Waals surface area contributed by atoms with Gasteiger partial charge >= 0.3 is 0 Å². The van der Waals surface area contributed by atoms with Crippen LogP contribution in [-0.4, -0.2) is 57.8 Å². The number of anilines is 1. The first-order chi connectivity index (χ1) is 17.6. The van der Waals surface area contributed by atoms with Crippen LogP contribution in [0, 0.1) is 5.92 Å². The molecule has 4 aromatic rings. The van der Waals surface area contributed by atoms with E-state index in [1.807, 2.05) is 65.8 Å². The van der Waals surface area contributed by atoms with Gasteiger partial charge in [-0.1, -0.05) is 30.3 Å². The Kier molecular flexibility index (Phi) is 5.76. The highest BCUT2D eigenvalue weighted by Gasteiger charge is 2.33. The number of benzene rings is 2. The summed E-state index contributed by atoms with van der Waals surface area (Å²) in [5, 5.41) is 1.06. The van der Waals surface area contributed by atoms with Gasteiger partial charge in [0.1, 0.15) is 5.78 Å². The maximum Gasteiger partial charge on any atom is 0.242 e. The Bertz CT molecular complexity index is 1440. The summed E-state index contributed by atoms with van der Waals surface area (Å²) >= 11 is 0. The molecular formula is C29H29N5O2. The number of amides is 1. The van der Waals surface area contributed by atoms with Crippen LogP contribution in [0.2, 0.25) is 0 Å². The third-order valence-electron chi connectivity index (χ3n) is 7.69. The van der Waals surface area contributed by atoms with Crippen LogP contribution < -0.4 is 4.90 Å². The third kappa shape index (κ3) is 4.04. The number of pyridine rings is 1. The molecule has 36 heavy (non-hydrogen) atoms. The summed E-state index contributed by atoms with van der Waals surface area (Å²) < 4.78 is 2.12. The summed E-state index contributed by atoms with van der Waals surface area (Å²) in [7, 11) is 1.94. The SMILES string of the molecule is CN(CC(=O)N1CCC(C(=O)CC2c3ccccc3-c3cncn32)CC1)c1ccc2ncccc2c1. The zero-order valence-electron chi connectivity index (χ0n) is 20.4. The molecule has 0 radical (unpaired) electrons. The molecule has 2 aromatic heterocycles. The second-order valence-electron chi connectivity index (χ2n) is 9.85. The van der Waals surface area contributed by atoms with Gasteiger partial charge in [-0.05, 0) is 42.7 Å². The van der Waals surface area contributed by atoms with E-state index in [0.29, 0.717) is 26.1 Å². The van der Waals surface area contributed by atoms with Gasteiger partial charge in [-0.2, -0.15) is 0 Å². The van der Waals surface area contributed by atoms with E-state index in [9.17, 15) is 9.59 Å². The molecule has 6 rings (SSSR count). The molecule has 182 valence electrons. The van der Waals surface area contributed by atoms with Gasteiger partial charge in [0.15, 0.2) is 0 Å². The molecule has 0 bridgehead atoms. The standard InChI is InChI=1S/C29H29N5O2/c1-32(22-8-9-25-21(15-22)5-4-12-31-25)18-29(36)33-13-10-20(11-14-33)28(35)16-26-23-6-2-3-7-24(23)27-17-30-19-34(26)27/h2-9,12,15,17,19-20,26H,10-11,13-14,16,18H2,1H3. The van der Waals surface area contributed by atoms with Crippen LogP contribution in [0.25, 0.3) is 22.2 Å². The van der Waals surface area contributed by atoms with Gasteiger partial charge in [0.05, 0.1) is 36.3 Å². The van der Waals surface area contributed by atoms with Gasteiger partial charge in [-0.25, -0.2) is 4.98 Å². The number of likely N-dealkylation sites (tertiary alicyclic amines) is 1. The van der Waals surface area contributed by atoms with Crippen LogP contribution in [0.3, 0.4) is 0 Å². The minimum absolute atomic E-state index is 0.000462. The van der Waals surface area contributed by atoms with Gasteiger partial charge in [-0.3, -0.25) is 14.6 Å². The van der Waals surface area contributed by atoms with Crippen molar-refractivity contribution in [3.63, 3.8) is 0 Å². The summed E-state index contributed by atoms with van der Waals surface area (Å²) in [5.41, 5.74) is 5.38. The van der Waals surface area contributed by atoms with E-state index in [1.54, 1.807) is 6.20 Å². The van der Waals surface area contributed by atoms with Gasteiger partial charge in [0, 0.05) is 55.3 Å². The molecular weight excluding hydrogens is 450 g/mol. The van der Waals surface area contributed by atoms with Crippen molar-refractivity contribution in [2.75, 3.05) is 31.6 Å². The Morgan fingerprint density at radius 2 is 1.89 bits per heavy atom. The molecule has 1 saturated heterocycles. The smallest absolute Gasteiger partial charge is 0.242 e. The molecule has 7 heteroatoms. The molecule has 0 N–H and O–H groups in total. The minimum Gasteiger partial charge on any atom is -0.365 e. The number of carbonyl (C=O) groups excluding carboxylic acids is 2. The van der Waals surface area contributed by atoms with E-state index < -0.39 is 0 Å². The maximum atomic E-state index is 13.3. The van der Waals surface area contributed by atoms with E-state index in [0.717, 1.165) is 35.1 Å². The Hall–Kier alpha value is -4.00. The fourth-order valence-corrected chi connectivity index (χ4v) is 5.64. The van der Waals surface area contributed by atoms with E-state index in [4.69, 9.17) is 0 Å². The second kappa shape index (κ2) is 9.22. The number of piperidine rings is 1. The molecule has 4 heterocycles. The normalized spacial score (nSPS) is 17.1. The molecule has 2 aliphatic heterocycles. The Morgan fingerprint density at radius 3 is 2.75 bits per heavy atom. The fourth-order valence-electron chi connectivity index (χ4n) is 5.64. The Labute approximate surface area is 210 Å². The summed E-state index contributed by atoms with van der Waals surface area (Å²) in [5.74, 6) is 0.382. The van der Waals surface area contributed by atoms with Crippen molar-refractivity contribution in [1.29, 1.82) is 0 Å².